The molecule has 0 heterocycles. The van der Waals surface area contributed by atoms with Crippen molar-refractivity contribution < 1.29 is 0 Å². The van der Waals surface area contributed by atoms with E-state index in [4.69, 9.17) is 11.6 Å². The summed E-state index contributed by atoms with van der Waals surface area (Å²) in [6.45, 7) is 0. The Morgan fingerprint density at radius 1 is 1.46 bits per heavy atom. The summed E-state index contributed by atoms with van der Waals surface area (Å²) in [5.74, 6) is 0. The van der Waals surface area contributed by atoms with Crippen LogP contribution in [0.1, 0.15) is 18.4 Å². The molecule has 0 radical (unpaired) electrons. The highest BCUT2D eigenvalue weighted by atomic mass is 35.5. The molecule has 1 aliphatic carbocycles. The maximum Gasteiger partial charge on any atom is 0.0408 e. The van der Waals surface area contributed by atoms with Crippen molar-refractivity contribution in [1.82, 2.24) is 0 Å². The molecule has 0 aromatic heterocycles. The molecule has 0 atom stereocenters. The standard InChI is InChI=1S/C11H13ClN/c1-13-11(5-6-11)8-9-3-2-4-10(12)7-9/h2-4,7H,5-6,8H2,1H3/q-1. The molecule has 2 heteroatoms. The molecule has 1 saturated carbocycles. The van der Waals surface area contributed by atoms with Crippen LogP contribution in [0.25, 0.3) is 5.32 Å². The van der Waals surface area contributed by atoms with Crippen LogP contribution in [0.4, 0.5) is 0 Å². The number of hydrogen-bond donors (Lipinski definition) is 0. The molecule has 1 aromatic rings. The predicted molar refractivity (Wildman–Crippen MR) is 56.4 cm³/mol. The summed E-state index contributed by atoms with van der Waals surface area (Å²) in [6, 6.07) is 8.07. The average Bonchev–Trinajstić information content (AvgIpc) is 2.86. The molecule has 2 rings (SSSR count). The van der Waals surface area contributed by atoms with Crippen LogP contribution in [-0.2, 0) is 6.42 Å². The van der Waals surface area contributed by atoms with Crippen molar-refractivity contribution in [3.63, 3.8) is 0 Å². The quantitative estimate of drug-likeness (QED) is 0.700. The topological polar surface area (TPSA) is 14.1 Å². The van der Waals surface area contributed by atoms with Crippen molar-refractivity contribution in [2.45, 2.75) is 24.8 Å². The Bertz CT molecular complexity index is 305. The molecule has 1 nitrogen and oxygen atoms in total. The van der Waals surface area contributed by atoms with Gasteiger partial charge < -0.3 is 5.32 Å². The van der Waals surface area contributed by atoms with E-state index in [1.165, 1.54) is 18.4 Å². The van der Waals surface area contributed by atoms with Gasteiger partial charge in [0.05, 0.1) is 0 Å². The van der Waals surface area contributed by atoms with Gasteiger partial charge in [0.2, 0.25) is 0 Å². The molecule has 0 N–H and O–H groups in total. The second kappa shape index (κ2) is 3.32. The van der Waals surface area contributed by atoms with Gasteiger partial charge in [-0.25, -0.2) is 0 Å². The second-order valence-corrected chi connectivity index (χ2v) is 4.19. The lowest BCUT2D eigenvalue weighted by atomic mass is 10.0. The Balaban J connectivity index is 2.09. The fourth-order valence-corrected chi connectivity index (χ4v) is 1.86. The van der Waals surface area contributed by atoms with Gasteiger partial charge in [0, 0.05) is 5.02 Å². The minimum absolute atomic E-state index is 0.255. The average molecular weight is 195 g/mol. The highest BCUT2D eigenvalue weighted by Gasteiger charge is 2.31. The Kier molecular flexibility index (Phi) is 2.31. The number of benzene rings is 1. The SMILES string of the molecule is C[N-]C1(Cc2cccc(Cl)c2)CC1. The molecule has 0 spiro atoms. The summed E-state index contributed by atoms with van der Waals surface area (Å²) < 4.78 is 0. The van der Waals surface area contributed by atoms with Crippen LogP contribution in [0.3, 0.4) is 0 Å². The van der Waals surface area contributed by atoms with E-state index in [1.807, 2.05) is 25.2 Å². The summed E-state index contributed by atoms with van der Waals surface area (Å²) in [7, 11) is 1.91. The third-order valence-corrected chi connectivity index (χ3v) is 2.96. The lowest BCUT2D eigenvalue weighted by molar-refractivity contribution is 0.750. The van der Waals surface area contributed by atoms with Gasteiger partial charge in [-0.3, -0.25) is 0 Å². The summed E-state index contributed by atoms with van der Waals surface area (Å²) in [6.07, 6.45) is 3.51. The monoisotopic (exact) mass is 194 g/mol. The number of likely N-dealkylation sites (N-methyl/N-ethyl adjacent to an activating group) is 1. The van der Waals surface area contributed by atoms with Gasteiger partial charge in [0.1, 0.15) is 0 Å². The molecule has 0 saturated heterocycles. The lowest BCUT2D eigenvalue weighted by Crippen LogP contribution is -2.09. The van der Waals surface area contributed by atoms with Crippen molar-refractivity contribution in [3.8, 4) is 0 Å². The number of hydrogen-bond acceptors (Lipinski definition) is 0. The van der Waals surface area contributed by atoms with E-state index in [9.17, 15) is 0 Å². The van der Waals surface area contributed by atoms with E-state index in [-0.39, 0.29) is 5.54 Å². The Morgan fingerprint density at radius 2 is 2.23 bits per heavy atom. The van der Waals surface area contributed by atoms with Gasteiger partial charge in [-0.05, 0) is 24.1 Å². The normalized spacial score (nSPS) is 18.6. The molecule has 0 unspecified atom stereocenters. The zero-order valence-electron chi connectivity index (χ0n) is 7.76. The summed E-state index contributed by atoms with van der Waals surface area (Å²) in [5.41, 5.74) is 1.56. The highest BCUT2D eigenvalue weighted by molar-refractivity contribution is 6.30. The summed E-state index contributed by atoms with van der Waals surface area (Å²) in [4.78, 5) is 0. The van der Waals surface area contributed by atoms with Crippen LogP contribution in [0.5, 0.6) is 0 Å². The Labute approximate surface area is 84.1 Å². The first-order valence-electron chi connectivity index (χ1n) is 4.60. The zero-order valence-corrected chi connectivity index (χ0v) is 8.51. The molecule has 1 aromatic carbocycles. The molecule has 0 aliphatic heterocycles. The second-order valence-electron chi connectivity index (χ2n) is 3.75. The van der Waals surface area contributed by atoms with Gasteiger partial charge in [-0.1, -0.05) is 36.6 Å². The molecule has 0 bridgehead atoms. The van der Waals surface area contributed by atoms with Crippen LogP contribution in [-0.4, -0.2) is 12.6 Å². The number of halogens is 1. The molecule has 13 heavy (non-hydrogen) atoms. The van der Waals surface area contributed by atoms with E-state index in [0.29, 0.717) is 0 Å². The van der Waals surface area contributed by atoms with Crippen molar-refractivity contribution in [2.75, 3.05) is 7.05 Å². The molecule has 0 amide bonds. The van der Waals surface area contributed by atoms with E-state index >= 15 is 0 Å². The van der Waals surface area contributed by atoms with Crippen LogP contribution >= 0.6 is 11.6 Å². The molecule has 1 aliphatic rings. The van der Waals surface area contributed by atoms with Crippen molar-refractivity contribution in [3.05, 3.63) is 40.2 Å². The lowest BCUT2D eigenvalue weighted by Gasteiger charge is -2.27. The number of nitrogens with zero attached hydrogens (tertiary/aromatic N) is 1. The van der Waals surface area contributed by atoms with Crippen molar-refractivity contribution >= 4 is 11.6 Å². The summed E-state index contributed by atoms with van der Waals surface area (Å²) in [5, 5.41) is 5.24. The van der Waals surface area contributed by atoms with Gasteiger partial charge in [0.25, 0.3) is 0 Å². The zero-order chi connectivity index (χ0) is 9.31. The number of rotatable bonds is 3. The van der Waals surface area contributed by atoms with E-state index < -0.39 is 0 Å². The third-order valence-electron chi connectivity index (χ3n) is 2.72. The van der Waals surface area contributed by atoms with E-state index in [1.54, 1.807) is 0 Å². The third kappa shape index (κ3) is 2.04. The Hall–Kier alpha value is -0.530. The highest BCUT2D eigenvalue weighted by Crippen LogP contribution is 2.45. The maximum absolute atomic E-state index is 5.91. The summed E-state index contributed by atoms with van der Waals surface area (Å²) >= 11 is 5.91. The van der Waals surface area contributed by atoms with Gasteiger partial charge >= 0.3 is 0 Å². The van der Waals surface area contributed by atoms with Crippen LogP contribution in [0.2, 0.25) is 5.02 Å². The minimum Gasteiger partial charge on any atom is -0.659 e. The largest absolute Gasteiger partial charge is 0.659 e. The fourth-order valence-electron chi connectivity index (χ4n) is 1.65. The van der Waals surface area contributed by atoms with Crippen LogP contribution < -0.4 is 0 Å². The smallest absolute Gasteiger partial charge is 0.0408 e. The van der Waals surface area contributed by atoms with Crippen LogP contribution in [0, 0.1) is 0 Å². The first-order chi connectivity index (χ1) is 6.24. The first kappa shape index (κ1) is 9.04. The van der Waals surface area contributed by atoms with Crippen LogP contribution in [0.15, 0.2) is 24.3 Å². The molecule has 1 fully saturated rings. The predicted octanol–water partition coefficient (Wildman–Crippen LogP) is 3.42. The van der Waals surface area contributed by atoms with E-state index in [2.05, 4.69) is 11.4 Å². The molecule has 70 valence electrons. The Morgan fingerprint density at radius 3 is 2.77 bits per heavy atom. The fraction of sp³-hybridized carbons (Fsp3) is 0.455. The van der Waals surface area contributed by atoms with Gasteiger partial charge in [-0.2, -0.15) is 7.05 Å². The minimum atomic E-state index is 0.255. The van der Waals surface area contributed by atoms with Gasteiger partial charge in [-0.15, -0.1) is 5.54 Å². The van der Waals surface area contributed by atoms with Crippen molar-refractivity contribution in [2.24, 2.45) is 0 Å². The van der Waals surface area contributed by atoms with E-state index in [0.717, 1.165) is 11.4 Å². The van der Waals surface area contributed by atoms with Gasteiger partial charge in [0.15, 0.2) is 0 Å². The maximum atomic E-state index is 5.91. The first-order valence-corrected chi connectivity index (χ1v) is 4.97. The molecular formula is C11H13ClN-. The molecular weight excluding hydrogens is 182 g/mol. The van der Waals surface area contributed by atoms with Crippen molar-refractivity contribution in [1.29, 1.82) is 0 Å².